The first-order valence-electron chi connectivity index (χ1n) is 6.91. The maximum absolute atomic E-state index is 11.8. The van der Waals surface area contributed by atoms with Crippen molar-refractivity contribution in [1.82, 2.24) is 0 Å². The Morgan fingerprint density at radius 2 is 1.58 bits per heavy atom. The average Bonchev–Trinajstić information content (AvgIpc) is 2.80. The van der Waals surface area contributed by atoms with E-state index in [1.165, 1.54) is 16.7 Å². The number of ketones is 1. The van der Waals surface area contributed by atoms with E-state index in [9.17, 15) is 4.79 Å². The molecule has 0 radical (unpaired) electrons. The molecule has 0 unspecified atom stereocenters. The number of aryl methyl sites for hydroxylation is 1. The lowest BCUT2D eigenvalue weighted by atomic mass is 9.97. The summed E-state index contributed by atoms with van der Waals surface area (Å²) < 4.78 is 0. The second-order valence-corrected chi connectivity index (χ2v) is 5.57. The van der Waals surface area contributed by atoms with Gasteiger partial charge in [0, 0.05) is 12.0 Å². The Balaban J connectivity index is 1.98. The first-order chi connectivity index (χ1) is 9.15. The van der Waals surface area contributed by atoms with Gasteiger partial charge in [0.2, 0.25) is 0 Å². The van der Waals surface area contributed by atoms with E-state index in [-0.39, 0.29) is 5.78 Å². The van der Waals surface area contributed by atoms with E-state index in [4.69, 9.17) is 0 Å². The van der Waals surface area contributed by atoms with Crippen molar-refractivity contribution in [2.24, 2.45) is 0 Å². The Bertz CT molecular complexity index is 621. The fourth-order valence-corrected chi connectivity index (χ4v) is 2.68. The highest BCUT2D eigenvalue weighted by molar-refractivity contribution is 6.01. The van der Waals surface area contributed by atoms with Crippen molar-refractivity contribution in [3.8, 4) is 11.1 Å². The fraction of sp³-hybridized carbons (Fsp3) is 0.278. The molecule has 1 aliphatic carbocycles. The number of hydrogen-bond acceptors (Lipinski definition) is 1. The van der Waals surface area contributed by atoms with Gasteiger partial charge >= 0.3 is 0 Å². The molecule has 0 spiro atoms. The minimum atomic E-state index is 0.288. The summed E-state index contributed by atoms with van der Waals surface area (Å²) in [7, 11) is 0. The zero-order chi connectivity index (χ0) is 13.4. The van der Waals surface area contributed by atoms with Gasteiger partial charge in [-0.2, -0.15) is 0 Å². The molecule has 19 heavy (non-hydrogen) atoms. The molecule has 0 aromatic heterocycles. The van der Waals surface area contributed by atoms with Gasteiger partial charge in [0.25, 0.3) is 0 Å². The average molecular weight is 250 g/mol. The first-order valence-corrected chi connectivity index (χ1v) is 6.91. The lowest BCUT2D eigenvalue weighted by Crippen LogP contribution is -1.92. The van der Waals surface area contributed by atoms with E-state index >= 15 is 0 Å². The van der Waals surface area contributed by atoms with E-state index < -0.39 is 0 Å². The van der Waals surface area contributed by atoms with Gasteiger partial charge in [-0.05, 0) is 40.7 Å². The number of carbonyl (C=O) groups excluding carboxylic acids is 1. The summed E-state index contributed by atoms with van der Waals surface area (Å²) in [6.45, 7) is 4.39. The van der Waals surface area contributed by atoms with Crippen molar-refractivity contribution in [1.29, 1.82) is 0 Å². The Kier molecular flexibility index (Phi) is 2.98. The minimum absolute atomic E-state index is 0.288. The molecule has 0 atom stereocenters. The van der Waals surface area contributed by atoms with Gasteiger partial charge in [0.15, 0.2) is 5.78 Å². The van der Waals surface area contributed by atoms with Gasteiger partial charge in [-0.1, -0.05) is 50.2 Å². The summed E-state index contributed by atoms with van der Waals surface area (Å²) in [5.74, 6) is 0.839. The SMILES string of the molecule is CC(C)c1ccc(-c2ccc3c(c2)C(=O)CC3)cc1. The van der Waals surface area contributed by atoms with Crippen molar-refractivity contribution >= 4 is 5.78 Å². The predicted molar refractivity (Wildman–Crippen MR) is 78.6 cm³/mol. The molecule has 0 amide bonds. The van der Waals surface area contributed by atoms with Crippen molar-refractivity contribution in [2.45, 2.75) is 32.6 Å². The molecule has 2 aromatic carbocycles. The maximum atomic E-state index is 11.8. The summed E-state index contributed by atoms with van der Waals surface area (Å²) in [4.78, 5) is 11.8. The van der Waals surface area contributed by atoms with Crippen molar-refractivity contribution in [2.75, 3.05) is 0 Å². The molecule has 2 aromatic rings. The van der Waals surface area contributed by atoms with Gasteiger partial charge in [-0.15, -0.1) is 0 Å². The fourth-order valence-electron chi connectivity index (χ4n) is 2.68. The zero-order valence-electron chi connectivity index (χ0n) is 11.4. The van der Waals surface area contributed by atoms with Crippen molar-refractivity contribution in [3.05, 3.63) is 59.2 Å². The molecule has 0 heterocycles. The van der Waals surface area contributed by atoms with Gasteiger partial charge in [0.05, 0.1) is 0 Å². The minimum Gasteiger partial charge on any atom is -0.294 e. The van der Waals surface area contributed by atoms with Crippen LogP contribution in [0.15, 0.2) is 42.5 Å². The Hall–Kier alpha value is -1.89. The Morgan fingerprint density at radius 3 is 2.26 bits per heavy atom. The number of carbonyl (C=O) groups is 1. The van der Waals surface area contributed by atoms with Crippen LogP contribution in [0.3, 0.4) is 0 Å². The summed E-state index contributed by atoms with van der Waals surface area (Å²) in [5, 5.41) is 0. The number of hydrogen-bond donors (Lipinski definition) is 0. The molecular formula is C18H18O. The van der Waals surface area contributed by atoms with Crippen LogP contribution in [0, 0.1) is 0 Å². The van der Waals surface area contributed by atoms with Gasteiger partial charge in [0.1, 0.15) is 0 Å². The third-order valence-electron chi connectivity index (χ3n) is 3.94. The molecule has 0 aliphatic heterocycles. The van der Waals surface area contributed by atoms with Crippen LogP contribution in [0.5, 0.6) is 0 Å². The number of benzene rings is 2. The molecule has 0 bridgehead atoms. The van der Waals surface area contributed by atoms with Crippen molar-refractivity contribution < 1.29 is 4.79 Å². The molecular weight excluding hydrogens is 232 g/mol. The highest BCUT2D eigenvalue weighted by Crippen LogP contribution is 2.28. The van der Waals surface area contributed by atoms with Gasteiger partial charge < -0.3 is 0 Å². The van der Waals surface area contributed by atoms with E-state index in [0.29, 0.717) is 12.3 Å². The number of fused-ring (bicyclic) bond motifs is 1. The Labute approximate surface area is 114 Å². The summed E-state index contributed by atoms with van der Waals surface area (Å²) in [6.07, 6.45) is 1.58. The third kappa shape index (κ3) is 2.21. The normalized spacial score (nSPS) is 13.9. The molecule has 0 saturated carbocycles. The topological polar surface area (TPSA) is 17.1 Å². The van der Waals surface area contributed by atoms with Crippen LogP contribution in [0.1, 0.15) is 47.7 Å². The lowest BCUT2D eigenvalue weighted by Gasteiger charge is -2.08. The molecule has 3 rings (SSSR count). The summed E-state index contributed by atoms with van der Waals surface area (Å²) in [5.41, 5.74) is 5.80. The smallest absolute Gasteiger partial charge is 0.163 e. The highest BCUT2D eigenvalue weighted by atomic mass is 16.1. The second-order valence-electron chi connectivity index (χ2n) is 5.57. The number of Topliss-reactive ketones (excluding diaryl/α,β-unsaturated/α-hetero) is 1. The summed E-state index contributed by atoms with van der Waals surface area (Å²) in [6, 6.07) is 14.9. The van der Waals surface area contributed by atoms with Crippen LogP contribution in [-0.4, -0.2) is 5.78 Å². The third-order valence-corrected chi connectivity index (χ3v) is 3.94. The van der Waals surface area contributed by atoms with Crippen LogP contribution in [-0.2, 0) is 6.42 Å². The standard InChI is InChI=1S/C18H18O/c1-12(2)13-3-5-14(6-4-13)16-8-7-15-9-10-18(19)17(15)11-16/h3-8,11-12H,9-10H2,1-2H3. The largest absolute Gasteiger partial charge is 0.294 e. The maximum Gasteiger partial charge on any atom is 0.163 e. The van der Waals surface area contributed by atoms with Gasteiger partial charge in [-0.3, -0.25) is 4.79 Å². The van der Waals surface area contributed by atoms with Crippen molar-refractivity contribution in [3.63, 3.8) is 0 Å². The molecule has 96 valence electrons. The molecule has 0 fully saturated rings. The predicted octanol–water partition coefficient (Wildman–Crippen LogP) is 4.61. The molecule has 1 nitrogen and oxygen atoms in total. The lowest BCUT2D eigenvalue weighted by molar-refractivity contribution is 0.0994. The van der Waals surface area contributed by atoms with E-state index in [2.05, 4.69) is 56.3 Å². The molecule has 0 N–H and O–H groups in total. The van der Waals surface area contributed by atoms with E-state index in [0.717, 1.165) is 17.5 Å². The summed E-state index contributed by atoms with van der Waals surface area (Å²) >= 11 is 0. The van der Waals surface area contributed by atoms with Gasteiger partial charge in [-0.25, -0.2) is 0 Å². The van der Waals surface area contributed by atoms with Crippen LogP contribution < -0.4 is 0 Å². The monoisotopic (exact) mass is 250 g/mol. The highest BCUT2D eigenvalue weighted by Gasteiger charge is 2.19. The van der Waals surface area contributed by atoms with Crippen LogP contribution in [0.2, 0.25) is 0 Å². The second kappa shape index (κ2) is 4.65. The van der Waals surface area contributed by atoms with Crippen LogP contribution >= 0.6 is 0 Å². The Morgan fingerprint density at radius 1 is 0.895 bits per heavy atom. The van der Waals surface area contributed by atoms with Crippen LogP contribution in [0.25, 0.3) is 11.1 Å². The molecule has 1 aliphatic rings. The number of rotatable bonds is 2. The van der Waals surface area contributed by atoms with Crippen LogP contribution in [0.4, 0.5) is 0 Å². The molecule has 1 heteroatoms. The quantitative estimate of drug-likeness (QED) is 0.761. The zero-order valence-corrected chi connectivity index (χ0v) is 11.4. The first kappa shape index (κ1) is 12.2. The van der Waals surface area contributed by atoms with E-state index in [1.54, 1.807) is 0 Å². The van der Waals surface area contributed by atoms with E-state index in [1.807, 2.05) is 0 Å². The molecule has 0 saturated heterocycles.